The van der Waals surface area contributed by atoms with E-state index in [4.69, 9.17) is 124 Å². The lowest BCUT2D eigenvalue weighted by Gasteiger charge is -2.18. The molecule has 600 valence electrons. The lowest BCUT2D eigenvalue weighted by Crippen LogP contribution is -2.16. The quantitative estimate of drug-likeness (QED) is 0.0346. The van der Waals surface area contributed by atoms with Gasteiger partial charge in [-0.15, -0.1) is 0 Å². The number of carbonyl (C=O) groups excluding carboxylic acids is 1. The van der Waals surface area contributed by atoms with Gasteiger partial charge in [0.05, 0.1) is 324 Å². The van der Waals surface area contributed by atoms with Crippen molar-refractivity contribution < 1.29 is 128 Å². The minimum absolute atomic E-state index is 0.0169. The van der Waals surface area contributed by atoms with Crippen LogP contribution < -0.4 is 0 Å². The van der Waals surface area contributed by atoms with Gasteiger partial charge < -0.3 is 124 Å². The van der Waals surface area contributed by atoms with Crippen LogP contribution in [0.2, 0.25) is 0 Å². The Balaban J connectivity index is 0.00000133. The fraction of sp³-hybridized carbons (Fsp3) is 0.727. The summed E-state index contributed by atoms with van der Waals surface area (Å²) in [7, 11) is 0. The van der Waals surface area contributed by atoms with Crippen molar-refractivity contribution >= 4 is 5.97 Å². The summed E-state index contributed by atoms with van der Waals surface area (Å²) >= 11 is 0. The maximum absolute atomic E-state index is 11.2. The molecule has 2 atom stereocenters. The molecule has 0 radical (unpaired) electrons. The lowest BCUT2D eigenvalue weighted by atomic mass is 9.86. The standard InChI is InChI=1S/C54H106O27.C23H24/c1-53(2)54(56)81-52-51-80-50-49-79-48-47-78-46-45-77-44-43-76-42-41-75-40-39-74-38-37-73-36-35-72-34-33-71-32-31-70-30-29-69-28-27-68-26-25-67-24-23-66-22-21-65-20-19-64-18-17-63-16-15-62-14-13-61-12-11-60-10-9-59-8-7-58-6-5-57-4-3-55;1-17-14-22(18(2)20-10-6-4-7-11-20)16-23(15-17)19(3)21-12-8-5-9-13-21/h55H,1,3-52H2,2H3;4-16,18-19H,1-3H3. The number of benzene rings is 3. The topological polar surface area (TPSA) is 268 Å². The first kappa shape index (κ1) is 95.9. The van der Waals surface area contributed by atoms with Gasteiger partial charge in [-0.25, -0.2) is 4.79 Å². The smallest absolute Gasteiger partial charge is 0.333 e. The minimum atomic E-state index is -0.419. The molecule has 27 nitrogen and oxygen atoms in total. The Morgan fingerprint density at radius 2 is 0.433 bits per heavy atom. The number of aliphatic hydroxyl groups excluding tert-OH is 1. The third-order valence-electron chi connectivity index (χ3n) is 14.3. The molecule has 0 amide bonds. The van der Waals surface area contributed by atoms with E-state index in [1.807, 2.05) is 0 Å². The summed E-state index contributed by atoms with van der Waals surface area (Å²) in [5.74, 6) is 0.410. The number of aryl methyl sites for hydroxylation is 1. The Bertz CT molecular complexity index is 2200. The lowest BCUT2D eigenvalue weighted by molar-refractivity contribution is -0.140. The highest BCUT2D eigenvalue weighted by atomic mass is 16.6. The number of aliphatic hydroxyl groups is 1. The summed E-state index contributed by atoms with van der Waals surface area (Å²) in [6, 6.07) is 28.5. The molecule has 0 aliphatic heterocycles. The first-order valence-corrected chi connectivity index (χ1v) is 36.8. The van der Waals surface area contributed by atoms with E-state index < -0.39 is 5.97 Å². The number of hydrogen-bond donors (Lipinski definition) is 1. The zero-order chi connectivity index (χ0) is 74.4. The van der Waals surface area contributed by atoms with Gasteiger partial charge in [0.1, 0.15) is 6.61 Å². The van der Waals surface area contributed by atoms with Crippen molar-refractivity contribution in [2.75, 3.05) is 330 Å². The molecule has 1 N–H and O–H groups in total. The number of ether oxygens (including phenoxy) is 25. The van der Waals surface area contributed by atoms with Crippen molar-refractivity contribution in [3.63, 3.8) is 0 Å². The van der Waals surface area contributed by atoms with Crippen LogP contribution in [-0.2, 0) is 123 Å². The maximum atomic E-state index is 11.2. The first-order valence-electron chi connectivity index (χ1n) is 36.8. The van der Waals surface area contributed by atoms with E-state index >= 15 is 0 Å². The van der Waals surface area contributed by atoms with Gasteiger partial charge in [0.25, 0.3) is 0 Å². The molecule has 3 aromatic rings. The van der Waals surface area contributed by atoms with Gasteiger partial charge in [0.15, 0.2) is 0 Å². The van der Waals surface area contributed by atoms with Crippen LogP contribution in [0.25, 0.3) is 0 Å². The molecule has 0 aromatic heterocycles. The van der Waals surface area contributed by atoms with Gasteiger partial charge in [-0.05, 0) is 36.1 Å². The van der Waals surface area contributed by atoms with E-state index in [0.29, 0.717) is 335 Å². The average molecular weight is 1490 g/mol. The normalized spacial score (nSPS) is 12.0. The van der Waals surface area contributed by atoms with Crippen molar-refractivity contribution in [2.45, 2.75) is 39.5 Å². The Kier molecular flexibility index (Phi) is 71.1. The van der Waals surface area contributed by atoms with Crippen LogP contribution in [0.4, 0.5) is 0 Å². The third-order valence-corrected chi connectivity index (χ3v) is 14.3. The van der Waals surface area contributed by atoms with Crippen molar-refractivity contribution in [2.24, 2.45) is 0 Å². The first-order chi connectivity index (χ1) is 51.3. The van der Waals surface area contributed by atoms with Gasteiger partial charge in [0.2, 0.25) is 0 Å². The zero-order valence-electron chi connectivity index (χ0n) is 63.3. The molecular formula is C77H130O27. The highest BCUT2D eigenvalue weighted by Crippen LogP contribution is 2.31. The Morgan fingerprint density at radius 3 is 0.596 bits per heavy atom. The second-order valence-corrected chi connectivity index (χ2v) is 22.8. The van der Waals surface area contributed by atoms with Crippen molar-refractivity contribution in [1.82, 2.24) is 0 Å². The maximum Gasteiger partial charge on any atom is 0.333 e. The van der Waals surface area contributed by atoms with E-state index in [2.05, 4.69) is 106 Å². The van der Waals surface area contributed by atoms with Crippen LogP contribution in [0.15, 0.2) is 91.0 Å². The number of hydrogen-bond acceptors (Lipinski definition) is 27. The van der Waals surface area contributed by atoms with Crippen LogP contribution in [0, 0.1) is 6.92 Å². The van der Waals surface area contributed by atoms with E-state index in [9.17, 15) is 4.79 Å². The average Bonchev–Trinajstić information content (AvgIpc) is 0.821. The zero-order valence-corrected chi connectivity index (χ0v) is 63.3. The summed E-state index contributed by atoms with van der Waals surface area (Å²) in [5, 5.41) is 8.61. The Hall–Kier alpha value is -4.13. The number of carbonyl (C=O) groups is 1. The third kappa shape index (κ3) is 63.9. The molecule has 0 saturated carbocycles. The van der Waals surface area contributed by atoms with Crippen LogP contribution >= 0.6 is 0 Å². The molecule has 3 aromatic carbocycles. The molecule has 27 heteroatoms. The number of esters is 1. The molecule has 0 heterocycles. The second kappa shape index (κ2) is 77.0. The SMILES string of the molecule is C=C(C)C(=O)OCCOCCOCCOCCOCCOCCOCCOCCOCCOCCOCCOCCOCCOCCOCCOCCOCCOCCOCCOCCOCCOCCOCCOCCOCCO.Cc1cc(C(C)c2ccccc2)cc(C(C)c2ccccc2)c1. The van der Waals surface area contributed by atoms with Gasteiger partial charge in [-0.1, -0.05) is 105 Å². The molecule has 0 spiro atoms. The predicted molar refractivity (Wildman–Crippen MR) is 392 cm³/mol. The molecule has 3 rings (SSSR count). The Labute approximate surface area is 620 Å². The van der Waals surface area contributed by atoms with E-state index in [-0.39, 0.29) is 13.2 Å². The molecule has 0 bridgehead atoms. The summed E-state index contributed by atoms with van der Waals surface area (Å²) in [6.45, 7) is 34.8. The molecule has 0 saturated heterocycles. The summed E-state index contributed by atoms with van der Waals surface area (Å²) in [6.07, 6.45) is 0. The molecule has 0 aliphatic carbocycles. The molecule has 104 heavy (non-hydrogen) atoms. The van der Waals surface area contributed by atoms with Crippen LogP contribution in [0.5, 0.6) is 0 Å². The van der Waals surface area contributed by atoms with Crippen molar-refractivity contribution in [3.05, 3.63) is 119 Å². The molecule has 2 unspecified atom stereocenters. The monoisotopic (exact) mass is 1490 g/mol. The summed E-state index contributed by atoms with van der Waals surface area (Å²) in [4.78, 5) is 11.2. The van der Waals surface area contributed by atoms with Gasteiger partial charge in [0, 0.05) is 17.4 Å². The fourth-order valence-electron chi connectivity index (χ4n) is 8.75. The largest absolute Gasteiger partial charge is 0.460 e. The van der Waals surface area contributed by atoms with Gasteiger partial charge >= 0.3 is 5.97 Å². The minimum Gasteiger partial charge on any atom is -0.460 e. The van der Waals surface area contributed by atoms with Crippen LogP contribution in [-0.4, -0.2) is 341 Å². The Morgan fingerprint density at radius 1 is 0.269 bits per heavy atom. The van der Waals surface area contributed by atoms with Gasteiger partial charge in [-0.3, -0.25) is 0 Å². The van der Waals surface area contributed by atoms with Crippen molar-refractivity contribution in [1.29, 1.82) is 0 Å². The molecule has 0 fully saturated rings. The fourth-order valence-corrected chi connectivity index (χ4v) is 8.75. The van der Waals surface area contributed by atoms with Gasteiger partial charge in [-0.2, -0.15) is 0 Å². The second-order valence-electron chi connectivity index (χ2n) is 22.8. The molecular weight excluding hydrogens is 1360 g/mol. The molecule has 0 aliphatic rings. The van der Waals surface area contributed by atoms with Crippen LogP contribution in [0.1, 0.15) is 60.4 Å². The summed E-state index contributed by atoms with van der Waals surface area (Å²) in [5.41, 5.74) is 7.24. The predicted octanol–water partition coefficient (Wildman–Crippen LogP) is 6.80. The van der Waals surface area contributed by atoms with E-state index in [0.717, 1.165) is 0 Å². The van der Waals surface area contributed by atoms with Crippen molar-refractivity contribution in [3.8, 4) is 0 Å². The summed E-state index contributed by atoms with van der Waals surface area (Å²) < 4.78 is 136. The number of rotatable bonds is 79. The van der Waals surface area contributed by atoms with E-state index in [1.165, 1.54) is 27.8 Å². The highest BCUT2D eigenvalue weighted by molar-refractivity contribution is 5.86. The van der Waals surface area contributed by atoms with Crippen LogP contribution in [0.3, 0.4) is 0 Å². The van der Waals surface area contributed by atoms with E-state index in [1.54, 1.807) is 6.92 Å². The highest BCUT2D eigenvalue weighted by Gasteiger charge is 2.14.